The topological polar surface area (TPSA) is 23.8 Å². The Kier molecular flexibility index (Phi) is 3.27. The molecule has 0 aliphatic rings. The van der Waals surface area contributed by atoms with Crippen LogP contribution in [0, 0.1) is 11.3 Å². The minimum absolute atomic E-state index is 0.689. The van der Waals surface area contributed by atoms with Crippen LogP contribution < -0.4 is 5.19 Å². The van der Waals surface area contributed by atoms with Crippen LogP contribution in [-0.2, 0) is 0 Å². The Hall–Kier alpha value is -1.07. The van der Waals surface area contributed by atoms with Crippen molar-refractivity contribution in [3.63, 3.8) is 0 Å². The molecule has 0 unspecified atom stereocenters. The summed E-state index contributed by atoms with van der Waals surface area (Å²) in [7, 11) is -1.32. The van der Waals surface area contributed by atoms with Gasteiger partial charge < -0.3 is 0 Å². The first-order valence-corrected chi connectivity index (χ1v) is 7.80. The van der Waals surface area contributed by atoms with Crippen LogP contribution in [0.25, 0.3) is 0 Å². The van der Waals surface area contributed by atoms with Gasteiger partial charge in [0.05, 0.1) is 14.1 Å². The maximum absolute atomic E-state index is 8.55. The van der Waals surface area contributed by atoms with E-state index in [2.05, 4.69) is 43.4 Å². The highest BCUT2D eigenvalue weighted by atomic mass is 28.3. The van der Waals surface area contributed by atoms with Crippen LogP contribution in [0.1, 0.15) is 6.42 Å². The predicted molar refractivity (Wildman–Crippen MR) is 58.6 cm³/mol. The van der Waals surface area contributed by atoms with Gasteiger partial charge in [0.1, 0.15) is 0 Å². The Labute approximate surface area is 81.0 Å². The average molecular weight is 189 g/mol. The van der Waals surface area contributed by atoms with Crippen LogP contribution in [0.5, 0.6) is 0 Å². The molecule has 0 spiro atoms. The third-order valence-corrected chi connectivity index (χ3v) is 5.81. The molecule has 0 aliphatic carbocycles. The Morgan fingerprint density at radius 3 is 2.38 bits per heavy atom. The molecule has 1 rings (SSSR count). The van der Waals surface area contributed by atoms with Gasteiger partial charge in [0.2, 0.25) is 0 Å². The highest BCUT2D eigenvalue weighted by molar-refractivity contribution is 6.89. The van der Waals surface area contributed by atoms with E-state index in [9.17, 15) is 0 Å². The van der Waals surface area contributed by atoms with E-state index in [0.29, 0.717) is 6.42 Å². The van der Waals surface area contributed by atoms with Gasteiger partial charge >= 0.3 is 0 Å². The van der Waals surface area contributed by atoms with Gasteiger partial charge in [-0.1, -0.05) is 48.6 Å². The summed E-state index contributed by atoms with van der Waals surface area (Å²) < 4.78 is 0. The summed E-state index contributed by atoms with van der Waals surface area (Å²) >= 11 is 0. The first-order valence-electron chi connectivity index (χ1n) is 4.59. The number of hydrogen-bond acceptors (Lipinski definition) is 1. The Bertz CT molecular complexity index is 298. The first kappa shape index (κ1) is 10.0. The van der Waals surface area contributed by atoms with Gasteiger partial charge in [0.15, 0.2) is 0 Å². The molecule has 68 valence electrons. The molecular formula is C11H15NSi. The number of hydrogen-bond donors (Lipinski definition) is 0. The van der Waals surface area contributed by atoms with E-state index in [-0.39, 0.29) is 0 Å². The molecule has 1 aromatic rings. The molecule has 0 aromatic heterocycles. The minimum Gasteiger partial charge on any atom is -0.198 e. The minimum atomic E-state index is -1.32. The summed E-state index contributed by atoms with van der Waals surface area (Å²) in [5.41, 5.74) is 0. The van der Waals surface area contributed by atoms with Gasteiger partial charge in [-0.2, -0.15) is 5.26 Å². The molecule has 0 heterocycles. The summed E-state index contributed by atoms with van der Waals surface area (Å²) in [6.07, 6.45) is 0.689. The van der Waals surface area contributed by atoms with Crippen LogP contribution >= 0.6 is 0 Å². The zero-order chi connectivity index (χ0) is 9.73. The summed E-state index contributed by atoms with van der Waals surface area (Å²) in [4.78, 5) is 0. The monoisotopic (exact) mass is 189 g/mol. The standard InChI is InChI=1S/C11H15NSi/c1-13(2,10-6-9-12)11-7-4-3-5-8-11/h3-5,7-8H,6,10H2,1-2H3. The van der Waals surface area contributed by atoms with E-state index in [1.54, 1.807) is 0 Å². The van der Waals surface area contributed by atoms with Crippen LogP contribution in [0.15, 0.2) is 30.3 Å². The molecule has 13 heavy (non-hydrogen) atoms. The molecular weight excluding hydrogens is 174 g/mol. The third-order valence-electron chi connectivity index (χ3n) is 2.42. The van der Waals surface area contributed by atoms with Crippen molar-refractivity contribution >= 4 is 13.3 Å². The second-order valence-electron chi connectivity index (χ2n) is 3.91. The van der Waals surface area contributed by atoms with Gasteiger partial charge in [0, 0.05) is 6.42 Å². The van der Waals surface area contributed by atoms with Crippen molar-refractivity contribution < 1.29 is 0 Å². The maximum Gasteiger partial charge on any atom is 0.0816 e. The van der Waals surface area contributed by atoms with Crippen LogP contribution in [-0.4, -0.2) is 8.07 Å². The summed E-state index contributed by atoms with van der Waals surface area (Å²) in [6.45, 7) is 4.64. The smallest absolute Gasteiger partial charge is 0.0816 e. The van der Waals surface area contributed by atoms with Crippen molar-refractivity contribution in [1.82, 2.24) is 0 Å². The second kappa shape index (κ2) is 4.24. The van der Waals surface area contributed by atoms with Crippen LogP contribution in [0.4, 0.5) is 0 Å². The zero-order valence-electron chi connectivity index (χ0n) is 8.25. The van der Waals surface area contributed by atoms with E-state index in [1.165, 1.54) is 5.19 Å². The lowest BCUT2D eigenvalue weighted by Crippen LogP contribution is -2.40. The summed E-state index contributed by atoms with van der Waals surface area (Å²) in [5.74, 6) is 0. The molecule has 0 radical (unpaired) electrons. The highest BCUT2D eigenvalue weighted by Gasteiger charge is 2.21. The lowest BCUT2D eigenvalue weighted by molar-refractivity contribution is 1.17. The molecule has 0 aliphatic heterocycles. The second-order valence-corrected chi connectivity index (χ2v) is 8.75. The van der Waals surface area contributed by atoms with Crippen molar-refractivity contribution in [2.45, 2.75) is 25.6 Å². The number of nitriles is 1. The molecule has 2 heteroatoms. The number of rotatable bonds is 3. The van der Waals surface area contributed by atoms with E-state index in [0.717, 1.165) is 6.04 Å². The average Bonchev–Trinajstić information content (AvgIpc) is 2.16. The van der Waals surface area contributed by atoms with Gasteiger partial charge in [-0.05, 0) is 6.04 Å². The molecule has 0 saturated heterocycles. The van der Waals surface area contributed by atoms with Crippen LogP contribution in [0.2, 0.25) is 19.1 Å². The predicted octanol–water partition coefficient (Wildman–Crippen LogP) is 2.52. The quantitative estimate of drug-likeness (QED) is 0.670. The van der Waals surface area contributed by atoms with Gasteiger partial charge in [0.25, 0.3) is 0 Å². The van der Waals surface area contributed by atoms with Crippen LogP contribution in [0.3, 0.4) is 0 Å². The van der Waals surface area contributed by atoms with E-state index < -0.39 is 8.07 Å². The Balaban J connectivity index is 2.76. The zero-order valence-corrected chi connectivity index (χ0v) is 9.25. The van der Waals surface area contributed by atoms with Gasteiger partial charge in [-0.15, -0.1) is 0 Å². The fourth-order valence-electron chi connectivity index (χ4n) is 1.40. The largest absolute Gasteiger partial charge is 0.198 e. The Morgan fingerprint density at radius 1 is 1.23 bits per heavy atom. The molecule has 0 bridgehead atoms. The van der Waals surface area contributed by atoms with E-state index >= 15 is 0 Å². The fraction of sp³-hybridized carbons (Fsp3) is 0.364. The van der Waals surface area contributed by atoms with E-state index in [4.69, 9.17) is 5.26 Å². The number of benzene rings is 1. The third kappa shape index (κ3) is 2.71. The number of nitrogens with zero attached hydrogens (tertiary/aromatic N) is 1. The van der Waals surface area contributed by atoms with Crippen molar-refractivity contribution in [3.05, 3.63) is 30.3 Å². The lowest BCUT2D eigenvalue weighted by atomic mass is 10.4. The molecule has 0 atom stereocenters. The molecule has 1 aromatic carbocycles. The lowest BCUT2D eigenvalue weighted by Gasteiger charge is -2.21. The van der Waals surface area contributed by atoms with Crippen molar-refractivity contribution in [3.8, 4) is 6.07 Å². The van der Waals surface area contributed by atoms with Crippen molar-refractivity contribution in [2.24, 2.45) is 0 Å². The van der Waals surface area contributed by atoms with Crippen molar-refractivity contribution in [1.29, 1.82) is 5.26 Å². The fourth-order valence-corrected chi connectivity index (χ4v) is 3.52. The van der Waals surface area contributed by atoms with Gasteiger partial charge in [-0.3, -0.25) is 0 Å². The molecule has 0 N–H and O–H groups in total. The van der Waals surface area contributed by atoms with Crippen molar-refractivity contribution in [2.75, 3.05) is 0 Å². The highest BCUT2D eigenvalue weighted by Crippen LogP contribution is 2.11. The summed E-state index contributed by atoms with van der Waals surface area (Å²) in [6, 6.07) is 13.9. The molecule has 0 amide bonds. The first-order chi connectivity index (χ1) is 6.17. The summed E-state index contributed by atoms with van der Waals surface area (Å²) in [5, 5.41) is 10.00. The molecule has 0 saturated carbocycles. The SMILES string of the molecule is C[Si](C)(CCC#N)c1ccccc1. The Morgan fingerprint density at radius 2 is 1.85 bits per heavy atom. The van der Waals surface area contributed by atoms with Gasteiger partial charge in [-0.25, -0.2) is 0 Å². The molecule has 1 nitrogen and oxygen atoms in total. The van der Waals surface area contributed by atoms with E-state index in [1.807, 2.05) is 6.07 Å². The normalized spacial score (nSPS) is 10.8. The maximum atomic E-state index is 8.55. The molecule has 0 fully saturated rings.